The first-order valence-corrected chi connectivity index (χ1v) is 4.33. The highest BCUT2D eigenvalue weighted by Crippen LogP contribution is 2.47. The predicted octanol–water partition coefficient (Wildman–Crippen LogP) is 0.379. The van der Waals surface area contributed by atoms with Crippen LogP contribution in [0.5, 0.6) is 0 Å². The van der Waals surface area contributed by atoms with Crippen molar-refractivity contribution in [1.29, 1.82) is 0 Å². The Hall–Kier alpha value is -1.39. The lowest BCUT2D eigenvalue weighted by Crippen LogP contribution is -2.10. The van der Waals surface area contributed by atoms with E-state index in [4.69, 9.17) is 11.5 Å². The monoisotopic (exact) mass is 179 g/mol. The van der Waals surface area contributed by atoms with E-state index in [9.17, 15) is 0 Å². The number of aromatic nitrogens is 3. The molecule has 0 bridgehead atoms. The molecule has 13 heavy (non-hydrogen) atoms. The van der Waals surface area contributed by atoms with E-state index in [2.05, 4.69) is 21.9 Å². The van der Waals surface area contributed by atoms with Crippen molar-refractivity contribution < 1.29 is 0 Å². The van der Waals surface area contributed by atoms with Crippen LogP contribution in [0.4, 0.5) is 11.9 Å². The lowest BCUT2D eigenvalue weighted by atomic mass is 10.1. The number of rotatable bonds is 2. The third-order valence-electron chi connectivity index (χ3n) is 2.40. The van der Waals surface area contributed by atoms with Crippen molar-refractivity contribution in [3.8, 4) is 0 Å². The second kappa shape index (κ2) is 2.55. The Bertz CT molecular complexity index is 311. The predicted molar refractivity (Wildman–Crippen MR) is 49.7 cm³/mol. The van der Waals surface area contributed by atoms with Crippen LogP contribution >= 0.6 is 0 Å². The van der Waals surface area contributed by atoms with Gasteiger partial charge in [-0.15, -0.1) is 0 Å². The van der Waals surface area contributed by atoms with Gasteiger partial charge in [0.05, 0.1) is 0 Å². The molecule has 0 aliphatic heterocycles. The molecule has 1 heterocycles. The van der Waals surface area contributed by atoms with Crippen LogP contribution in [0.15, 0.2) is 0 Å². The van der Waals surface area contributed by atoms with E-state index in [0.29, 0.717) is 11.2 Å². The molecule has 0 unspecified atom stereocenters. The minimum Gasteiger partial charge on any atom is -0.368 e. The zero-order valence-corrected chi connectivity index (χ0v) is 7.62. The molecule has 0 amide bonds. The van der Waals surface area contributed by atoms with Gasteiger partial charge in [0.1, 0.15) is 5.82 Å². The van der Waals surface area contributed by atoms with Crippen molar-refractivity contribution >= 4 is 11.9 Å². The van der Waals surface area contributed by atoms with Crippen molar-refractivity contribution in [2.75, 3.05) is 11.5 Å². The van der Waals surface area contributed by atoms with Gasteiger partial charge in [-0.05, 0) is 18.3 Å². The number of nitrogen functional groups attached to an aromatic ring is 2. The SMILES string of the molecule is CC1(Cc2nc(N)nc(N)n2)CC1. The molecule has 5 nitrogen and oxygen atoms in total. The van der Waals surface area contributed by atoms with Gasteiger partial charge in [0.25, 0.3) is 0 Å². The van der Waals surface area contributed by atoms with Crippen LogP contribution in [0.25, 0.3) is 0 Å². The molecule has 0 aromatic carbocycles. The standard InChI is InChI=1S/C8H13N5/c1-8(2-3-8)4-5-11-6(9)13-7(10)12-5/h2-4H2,1H3,(H4,9,10,11,12,13). The van der Waals surface area contributed by atoms with E-state index >= 15 is 0 Å². The largest absolute Gasteiger partial charge is 0.368 e. The topological polar surface area (TPSA) is 90.7 Å². The quantitative estimate of drug-likeness (QED) is 0.684. The van der Waals surface area contributed by atoms with Gasteiger partial charge in [-0.1, -0.05) is 6.92 Å². The molecule has 4 N–H and O–H groups in total. The summed E-state index contributed by atoms with van der Waals surface area (Å²) >= 11 is 0. The maximum absolute atomic E-state index is 5.46. The van der Waals surface area contributed by atoms with Gasteiger partial charge >= 0.3 is 0 Å². The third-order valence-corrected chi connectivity index (χ3v) is 2.40. The second-order valence-electron chi connectivity index (χ2n) is 3.96. The average molecular weight is 179 g/mol. The molecule has 1 aromatic rings. The van der Waals surface area contributed by atoms with Gasteiger partial charge in [0.15, 0.2) is 0 Å². The summed E-state index contributed by atoms with van der Waals surface area (Å²) in [6, 6.07) is 0. The maximum atomic E-state index is 5.46. The summed E-state index contributed by atoms with van der Waals surface area (Å²) in [5.41, 5.74) is 11.3. The molecule has 1 aliphatic rings. The Morgan fingerprint density at radius 3 is 2.15 bits per heavy atom. The first-order chi connectivity index (χ1) is 6.07. The van der Waals surface area contributed by atoms with Crippen molar-refractivity contribution in [2.24, 2.45) is 5.41 Å². The molecule has 0 radical (unpaired) electrons. The summed E-state index contributed by atoms with van der Waals surface area (Å²) in [6.45, 7) is 2.21. The summed E-state index contributed by atoms with van der Waals surface area (Å²) in [4.78, 5) is 11.8. The Balaban J connectivity index is 2.20. The normalized spacial score (nSPS) is 18.5. The third kappa shape index (κ3) is 1.85. The number of hydrogen-bond donors (Lipinski definition) is 2. The maximum Gasteiger partial charge on any atom is 0.225 e. The molecule has 2 rings (SSSR count). The highest BCUT2D eigenvalue weighted by molar-refractivity contribution is 5.26. The van der Waals surface area contributed by atoms with Crippen LogP contribution in [0, 0.1) is 5.41 Å². The van der Waals surface area contributed by atoms with Gasteiger partial charge in [-0.25, -0.2) is 0 Å². The molecular formula is C8H13N5. The summed E-state index contributed by atoms with van der Waals surface area (Å²) in [5, 5.41) is 0. The van der Waals surface area contributed by atoms with Gasteiger partial charge in [0.2, 0.25) is 11.9 Å². The van der Waals surface area contributed by atoms with Crippen LogP contribution in [0.2, 0.25) is 0 Å². The molecule has 70 valence electrons. The molecule has 0 spiro atoms. The fraction of sp³-hybridized carbons (Fsp3) is 0.625. The smallest absolute Gasteiger partial charge is 0.225 e. The van der Waals surface area contributed by atoms with Crippen molar-refractivity contribution in [1.82, 2.24) is 15.0 Å². The van der Waals surface area contributed by atoms with Crippen LogP contribution < -0.4 is 11.5 Å². The summed E-state index contributed by atoms with van der Waals surface area (Å²) < 4.78 is 0. The van der Waals surface area contributed by atoms with Crippen LogP contribution in [-0.2, 0) is 6.42 Å². The zero-order valence-electron chi connectivity index (χ0n) is 7.62. The van der Waals surface area contributed by atoms with Crippen molar-refractivity contribution in [3.05, 3.63) is 5.82 Å². The van der Waals surface area contributed by atoms with E-state index in [-0.39, 0.29) is 11.9 Å². The Morgan fingerprint density at radius 1 is 1.15 bits per heavy atom. The number of nitrogens with zero attached hydrogens (tertiary/aromatic N) is 3. The number of nitrogens with two attached hydrogens (primary N) is 2. The van der Waals surface area contributed by atoms with E-state index in [0.717, 1.165) is 6.42 Å². The van der Waals surface area contributed by atoms with Crippen molar-refractivity contribution in [3.63, 3.8) is 0 Å². The van der Waals surface area contributed by atoms with E-state index in [1.54, 1.807) is 0 Å². The van der Waals surface area contributed by atoms with Gasteiger partial charge < -0.3 is 11.5 Å². The molecule has 1 aliphatic carbocycles. The minimum absolute atomic E-state index is 0.215. The average Bonchev–Trinajstić information content (AvgIpc) is 2.64. The Morgan fingerprint density at radius 2 is 1.69 bits per heavy atom. The molecule has 1 saturated carbocycles. The van der Waals surface area contributed by atoms with Crippen LogP contribution in [0.1, 0.15) is 25.6 Å². The van der Waals surface area contributed by atoms with Gasteiger partial charge in [0, 0.05) is 6.42 Å². The fourth-order valence-corrected chi connectivity index (χ4v) is 1.31. The summed E-state index contributed by atoms with van der Waals surface area (Å²) in [6.07, 6.45) is 3.32. The molecule has 1 fully saturated rings. The molecular weight excluding hydrogens is 166 g/mol. The number of hydrogen-bond acceptors (Lipinski definition) is 5. The molecule has 5 heteroatoms. The fourth-order valence-electron chi connectivity index (χ4n) is 1.31. The summed E-state index contributed by atoms with van der Waals surface area (Å²) in [5.74, 6) is 1.14. The first-order valence-electron chi connectivity index (χ1n) is 4.33. The highest BCUT2D eigenvalue weighted by Gasteiger charge is 2.38. The number of anilines is 2. The molecule has 0 saturated heterocycles. The van der Waals surface area contributed by atoms with E-state index in [1.165, 1.54) is 12.8 Å². The van der Waals surface area contributed by atoms with Crippen LogP contribution in [0.3, 0.4) is 0 Å². The zero-order chi connectivity index (χ0) is 9.47. The van der Waals surface area contributed by atoms with Crippen molar-refractivity contribution in [2.45, 2.75) is 26.2 Å². The minimum atomic E-state index is 0.215. The van der Waals surface area contributed by atoms with E-state index < -0.39 is 0 Å². The second-order valence-corrected chi connectivity index (χ2v) is 3.96. The van der Waals surface area contributed by atoms with Gasteiger partial charge in [-0.3, -0.25) is 0 Å². The summed E-state index contributed by atoms with van der Waals surface area (Å²) in [7, 11) is 0. The van der Waals surface area contributed by atoms with E-state index in [1.807, 2.05) is 0 Å². The Kier molecular flexibility index (Phi) is 1.61. The lowest BCUT2D eigenvalue weighted by molar-refractivity contribution is 0.549. The highest BCUT2D eigenvalue weighted by atomic mass is 15.1. The molecule has 0 atom stereocenters. The lowest BCUT2D eigenvalue weighted by Gasteiger charge is -2.06. The van der Waals surface area contributed by atoms with Crippen LogP contribution in [-0.4, -0.2) is 15.0 Å². The molecule has 1 aromatic heterocycles. The first kappa shape index (κ1) is 8.22. The van der Waals surface area contributed by atoms with Gasteiger partial charge in [-0.2, -0.15) is 15.0 Å². The Labute approximate surface area is 76.6 Å².